The van der Waals surface area contributed by atoms with E-state index < -0.39 is 0 Å². The van der Waals surface area contributed by atoms with Crippen LogP contribution in [0.25, 0.3) is 0 Å². The molecule has 1 aliphatic carbocycles. The van der Waals surface area contributed by atoms with Gasteiger partial charge in [0.15, 0.2) is 5.16 Å². The molecule has 0 aromatic carbocycles. The second-order valence-corrected chi connectivity index (χ2v) is 8.78. The summed E-state index contributed by atoms with van der Waals surface area (Å²) in [5.74, 6) is 0.479. The fraction of sp³-hybridized carbons (Fsp3) is 0.556. The largest absolute Gasteiger partial charge is 0.465 e. The third kappa shape index (κ3) is 4.19. The molecule has 146 valence electrons. The lowest BCUT2D eigenvalue weighted by atomic mass is 9.95. The Bertz CT molecular complexity index is 857. The highest BCUT2D eigenvalue weighted by molar-refractivity contribution is 7.99. The molecule has 9 heteroatoms. The molecule has 27 heavy (non-hydrogen) atoms. The number of esters is 1. The highest BCUT2D eigenvalue weighted by atomic mass is 32.2. The van der Waals surface area contributed by atoms with Gasteiger partial charge in [0.25, 0.3) is 0 Å². The summed E-state index contributed by atoms with van der Waals surface area (Å²) in [6, 6.07) is 0.223. The van der Waals surface area contributed by atoms with Crippen molar-refractivity contribution in [3.63, 3.8) is 0 Å². The first kappa shape index (κ1) is 19.9. The molecular formula is C18H24N4O3S2. The Hall–Kier alpha value is -1.87. The number of hydrogen-bond donors (Lipinski definition) is 1. The molecule has 3 rings (SSSR count). The van der Waals surface area contributed by atoms with Gasteiger partial charge >= 0.3 is 5.97 Å². The summed E-state index contributed by atoms with van der Waals surface area (Å²) in [5.41, 5.74) is 1.56. The van der Waals surface area contributed by atoms with Gasteiger partial charge in [-0.1, -0.05) is 11.8 Å². The fourth-order valence-electron chi connectivity index (χ4n) is 3.31. The molecule has 0 bridgehead atoms. The van der Waals surface area contributed by atoms with Gasteiger partial charge < -0.3 is 14.6 Å². The Morgan fingerprint density at radius 2 is 2.04 bits per heavy atom. The third-order valence-corrected chi connectivity index (χ3v) is 6.65. The number of nitrogens with one attached hydrogen (secondary N) is 1. The van der Waals surface area contributed by atoms with Crippen molar-refractivity contribution >= 4 is 40.0 Å². The zero-order valence-electron chi connectivity index (χ0n) is 16.0. The van der Waals surface area contributed by atoms with Gasteiger partial charge in [-0.15, -0.1) is 21.5 Å². The second kappa shape index (κ2) is 8.43. The maximum Gasteiger partial charge on any atom is 0.341 e. The van der Waals surface area contributed by atoms with E-state index in [4.69, 9.17) is 4.74 Å². The maximum atomic E-state index is 12.5. The van der Waals surface area contributed by atoms with E-state index >= 15 is 0 Å². The Labute approximate surface area is 166 Å². The summed E-state index contributed by atoms with van der Waals surface area (Å²) in [7, 11) is 1.37. The first-order chi connectivity index (χ1) is 12.9. The van der Waals surface area contributed by atoms with E-state index in [0.29, 0.717) is 10.6 Å². The number of thiophene rings is 1. The molecule has 0 atom stereocenters. The smallest absolute Gasteiger partial charge is 0.341 e. The van der Waals surface area contributed by atoms with Crippen molar-refractivity contribution in [2.24, 2.45) is 0 Å². The molecule has 0 unspecified atom stereocenters. The lowest BCUT2D eigenvalue weighted by Crippen LogP contribution is -2.17. The van der Waals surface area contributed by atoms with Crippen LogP contribution in [0.5, 0.6) is 0 Å². The predicted molar refractivity (Wildman–Crippen MR) is 107 cm³/mol. The van der Waals surface area contributed by atoms with Crippen LogP contribution in [0.15, 0.2) is 5.16 Å². The molecular weight excluding hydrogens is 384 g/mol. The quantitative estimate of drug-likeness (QED) is 0.580. The van der Waals surface area contributed by atoms with Gasteiger partial charge in [0.1, 0.15) is 10.8 Å². The summed E-state index contributed by atoms with van der Waals surface area (Å²) in [6.07, 6.45) is 3.98. The molecule has 0 saturated heterocycles. The molecule has 2 aromatic heterocycles. The number of thioether (sulfide) groups is 1. The van der Waals surface area contributed by atoms with E-state index in [1.807, 2.05) is 11.5 Å². The molecule has 2 heterocycles. The van der Waals surface area contributed by atoms with E-state index in [9.17, 15) is 9.59 Å². The van der Waals surface area contributed by atoms with Gasteiger partial charge in [-0.25, -0.2) is 4.79 Å². The van der Waals surface area contributed by atoms with Crippen molar-refractivity contribution < 1.29 is 14.3 Å². The molecule has 2 aromatic rings. The Kier molecular flexibility index (Phi) is 6.21. The first-order valence-corrected chi connectivity index (χ1v) is 10.8. The fourth-order valence-corrected chi connectivity index (χ4v) is 5.51. The van der Waals surface area contributed by atoms with Crippen molar-refractivity contribution in [3.8, 4) is 0 Å². The van der Waals surface area contributed by atoms with Crippen molar-refractivity contribution in [1.29, 1.82) is 0 Å². The summed E-state index contributed by atoms with van der Waals surface area (Å²) in [4.78, 5) is 26.0. The van der Waals surface area contributed by atoms with E-state index in [2.05, 4.69) is 29.4 Å². The first-order valence-electron chi connectivity index (χ1n) is 8.99. The number of amides is 1. The predicted octanol–water partition coefficient (Wildman–Crippen LogP) is 3.63. The lowest BCUT2D eigenvalue weighted by molar-refractivity contribution is -0.113. The minimum Gasteiger partial charge on any atom is -0.465 e. The lowest BCUT2D eigenvalue weighted by Gasteiger charge is -2.12. The standard InChI is InChI=1S/C18H24N4O3S2/c1-10(2)22-11(3)20-21-18(22)26-9-14(23)19-16-15(17(24)25-4)12-7-5-6-8-13(12)27-16/h10H,5-9H2,1-4H3,(H,19,23). The highest BCUT2D eigenvalue weighted by Gasteiger charge is 2.27. The van der Waals surface area contributed by atoms with Crippen LogP contribution < -0.4 is 5.32 Å². The van der Waals surface area contributed by atoms with Gasteiger partial charge in [-0.05, 0) is 52.0 Å². The Balaban J connectivity index is 1.73. The van der Waals surface area contributed by atoms with Gasteiger partial charge in [-0.3, -0.25) is 4.79 Å². The number of fused-ring (bicyclic) bond motifs is 1. The molecule has 0 fully saturated rings. The Morgan fingerprint density at radius 3 is 2.74 bits per heavy atom. The highest BCUT2D eigenvalue weighted by Crippen LogP contribution is 2.38. The average molecular weight is 409 g/mol. The molecule has 1 amide bonds. The van der Waals surface area contributed by atoms with Crippen molar-refractivity contribution in [2.75, 3.05) is 18.2 Å². The number of carbonyl (C=O) groups excluding carboxylic acids is 2. The average Bonchev–Trinajstić information content (AvgIpc) is 3.19. The summed E-state index contributed by atoms with van der Waals surface area (Å²) >= 11 is 2.84. The number of anilines is 1. The summed E-state index contributed by atoms with van der Waals surface area (Å²) < 4.78 is 6.95. The van der Waals surface area contributed by atoms with Gasteiger partial charge in [0.2, 0.25) is 5.91 Å². The molecule has 1 aliphatic rings. The van der Waals surface area contributed by atoms with Crippen LogP contribution in [0, 0.1) is 6.92 Å². The van der Waals surface area contributed by atoms with Crippen LogP contribution in [0.3, 0.4) is 0 Å². The number of aryl methyl sites for hydroxylation is 2. The SMILES string of the molecule is COC(=O)c1c(NC(=O)CSc2nnc(C)n2C(C)C)sc2c1CCCC2. The molecule has 0 aliphatic heterocycles. The van der Waals surface area contributed by atoms with E-state index in [1.165, 1.54) is 35.1 Å². The number of aromatic nitrogens is 3. The number of ether oxygens (including phenoxy) is 1. The third-order valence-electron chi connectivity index (χ3n) is 4.50. The topological polar surface area (TPSA) is 86.1 Å². The number of rotatable bonds is 6. The van der Waals surface area contributed by atoms with Gasteiger partial charge in [-0.2, -0.15) is 0 Å². The van der Waals surface area contributed by atoms with Crippen LogP contribution in [0.4, 0.5) is 5.00 Å². The van der Waals surface area contributed by atoms with Crippen LogP contribution in [-0.2, 0) is 22.4 Å². The number of nitrogens with zero attached hydrogens (tertiary/aromatic N) is 3. The van der Waals surface area contributed by atoms with Gasteiger partial charge in [0, 0.05) is 10.9 Å². The van der Waals surface area contributed by atoms with Crippen LogP contribution in [0.2, 0.25) is 0 Å². The normalized spacial score (nSPS) is 13.5. The van der Waals surface area contributed by atoms with Crippen molar-refractivity contribution in [3.05, 3.63) is 21.8 Å². The molecule has 1 N–H and O–H groups in total. The molecule has 0 saturated carbocycles. The molecule has 0 radical (unpaired) electrons. The van der Waals surface area contributed by atoms with Crippen LogP contribution >= 0.6 is 23.1 Å². The zero-order chi connectivity index (χ0) is 19.6. The number of hydrogen-bond acceptors (Lipinski definition) is 7. The maximum absolute atomic E-state index is 12.5. The van der Waals surface area contributed by atoms with E-state index in [-0.39, 0.29) is 23.7 Å². The van der Waals surface area contributed by atoms with Gasteiger partial charge in [0.05, 0.1) is 18.4 Å². The second-order valence-electron chi connectivity index (χ2n) is 6.74. The van der Waals surface area contributed by atoms with Crippen molar-refractivity contribution in [1.82, 2.24) is 14.8 Å². The number of methoxy groups -OCH3 is 1. The van der Waals surface area contributed by atoms with E-state index in [1.54, 1.807) is 0 Å². The van der Waals surface area contributed by atoms with Crippen molar-refractivity contribution in [2.45, 2.75) is 57.7 Å². The summed E-state index contributed by atoms with van der Waals surface area (Å²) in [6.45, 7) is 6.01. The molecule has 0 spiro atoms. The summed E-state index contributed by atoms with van der Waals surface area (Å²) in [5, 5.41) is 12.5. The van der Waals surface area contributed by atoms with E-state index in [0.717, 1.165) is 42.2 Å². The monoisotopic (exact) mass is 408 g/mol. The minimum absolute atomic E-state index is 0.167. The minimum atomic E-state index is -0.382. The zero-order valence-corrected chi connectivity index (χ0v) is 17.6. The van der Waals surface area contributed by atoms with Crippen LogP contribution in [0.1, 0.15) is 59.4 Å². The number of carbonyl (C=O) groups is 2. The molecule has 7 nitrogen and oxygen atoms in total. The Morgan fingerprint density at radius 1 is 1.30 bits per heavy atom. The van der Waals surface area contributed by atoms with Crippen LogP contribution in [-0.4, -0.2) is 39.5 Å².